The van der Waals surface area contributed by atoms with Gasteiger partial charge in [0.05, 0.1) is 5.41 Å². The Labute approximate surface area is 127 Å². The lowest BCUT2D eigenvalue weighted by atomic mass is 9.66. The maximum atomic E-state index is 12.9. The summed E-state index contributed by atoms with van der Waals surface area (Å²) in [5, 5.41) is 9.11. The standard InChI is InChI=1S/C13H15F6NO3/c14-12(15,16)11(13(17,18)19)4-5-20(7-11)8(21)6-10(9(22)23)2-1-3-10/h1-7H2,(H,22,23). The molecule has 0 radical (unpaired) electrons. The molecule has 1 amide bonds. The number of aliphatic carboxylic acids is 1. The number of amides is 1. The number of carboxylic acid groups (broad SMARTS) is 1. The third-order valence-corrected chi connectivity index (χ3v) is 4.96. The summed E-state index contributed by atoms with van der Waals surface area (Å²) in [5.41, 5.74) is -5.29. The molecule has 0 unspecified atom stereocenters. The van der Waals surface area contributed by atoms with Gasteiger partial charge in [-0.05, 0) is 19.3 Å². The molecular formula is C13H15F6NO3. The number of carboxylic acids is 1. The molecule has 132 valence electrons. The van der Waals surface area contributed by atoms with Gasteiger partial charge in [0.2, 0.25) is 5.91 Å². The van der Waals surface area contributed by atoms with Crippen LogP contribution >= 0.6 is 0 Å². The average Bonchev–Trinajstić information content (AvgIpc) is 2.78. The predicted octanol–water partition coefficient (Wildman–Crippen LogP) is 2.97. The molecule has 10 heteroatoms. The van der Waals surface area contributed by atoms with Crippen molar-refractivity contribution in [2.24, 2.45) is 10.8 Å². The topological polar surface area (TPSA) is 57.6 Å². The first-order valence-electron chi connectivity index (χ1n) is 6.99. The van der Waals surface area contributed by atoms with Crippen LogP contribution in [0.3, 0.4) is 0 Å². The van der Waals surface area contributed by atoms with Gasteiger partial charge in [-0.25, -0.2) is 0 Å². The zero-order chi connectivity index (χ0) is 17.7. The van der Waals surface area contributed by atoms with E-state index in [0.717, 1.165) is 0 Å². The highest BCUT2D eigenvalue weighted by Gasteiger charge is 2.73. The molecule has 1 saturated carbocycles. The van der Waals surface area contributed by atoms with E-state index in [9.17, 15) is 35.9 Å². The molecule has 0 aromatic heterocycles. The summed E-state index contributed by atoms with van der Waals surface area (Å²) in [6.07, 6.45) is -11.9. The first-order chi connectivity index (χ1) is 10.3. The van der Waals surface area contributed by atoms with Gasteiger partial charge in [-0.3, -0.25) is 9.59 Å². The monoisotopic (exact) mass is 347 g/mol. The quantitative estimate of drug-likeness (QED) is 0.799. The highest BCUT2D eigenvalue weighted by atomic mass is 19.4. The molecular weight excluding hydrogens is 332 g/mol. The Morgan fingerprint density at radius 2 is 1.52 bits per heavy atom. The molecule has 1 saturated heterocycles. The van der Waals surface area contributed by atoms with E-state index in [-0.39, 0.29) is 12.8 Å². The molecule has 0 atom stereocenters. The molecule has 0 spiro atoms. The minimum atomic E-state index is -5.53. The van der Waals surface area contributed by atoms with Crippen LogP contribution in [-0.4, -0.2) is 47.3 Å². The molecule has 1 N–H and O–H groups in total. The highest BCUT2D eigenvalue weighted by molar-refractivity contribution is 5.85. The number of likely N-dealkylation sites (tertiary alicyclic amines) is 1. The molecule has 2 rings (SSSR count). The van der Waals surface area contributed by atoms with Gasteiger partial charge < -0.3 is 10.0 Å². The van der Waals surface area contributed by atoms with Crippen molar-refractivity contribution in [2.45, 2.75) is 44.5 Å². The van der Waals surface area contributed by atoms with E-state index in [4.69, 9.17) is 5.11 Å². The number of carbonyl (C=O) groups excluding carboxylic acids is 1. The Kier molecular flexibility index (Phi) is 4.09. The van der Waals surface area contributed by atoms with Gasteiger partial charge in [-0.1, -0.05) is 6.42 Å². The van der Waals surface area contributed by atoms with Gasteiger partial charge in [0.15, 0.2) is 5.41 Å². The van der Waals surface area contributed by atoms with Crippen molar-refractivity contribution in [3.05, 3.63) is 0 Å². The van der Waals surface area contributed by atoms with E-state index in [1.54, 1.807) is 0 Å². The number of hydrogen-bond donors (Lipinski definition) is 1. The van der Waals surface area contributed by atoms with Crippen LogP contribution in [-0.2, 0) is 9.59 Å². The lowest BCUT2D eigenvalue weighted by molar-refractivity contribution is -0.334. The van der Waals surface area contributed by atoms with Gasteiger partial charge in [0.25, 0.3) is 0 Å². The van der Waals surface area contributed by atoms with Crippen LogP contribution < -0.4 is 0 Å². The number of rotatable bonds is 3. The first-order valence-corrected chi connectivity index (χ1v) is 6.99. The Morgan fingerprint density at radius 3 is 1.83 bits per heavy atom. The summed E-state index contributed by atoms with van der Waals surface area (Å²) < 4.78 is 77.6. The van der Waals surface area contributed by atoms with Crippen LogP contribution in [0.2, 0.25) is 0 Å². The second-order valence-electron chi connectivity index (χ2n) is 6.26. The molecule has 0 aromatic carbocycles. The lowest BCUT2D eigenvalue weighted by Crippen LogP contribution is -2.52. The SMILES string of the molecule is O=C(CC1(C(=O)O)CCC1)N1CCC(C(F)(F)F)(C(F)(F)F)C1. The number of alkyl halides is 6. The van der Waals surface area contributed by atoms with Crippen LogP contribution in [0.25, 0.3) is 0 Å². The van der Waals surface area contributed by atoms with Crippen molar-refractivity contribution in [2.75, 3.05) is 13.1 Å². The largest absolute Gasteiger partial charge is 0.481 e. The van der Waals surface area contributed by atoms with Crippen LogP contribution in [0.1, 0.15) is 32.1 Å². The zero-order valence-corrected chi connectivity index (χ0v) is 11.9. The van der Waals surface area contributed by atoms with E-state index in [2.05, 4.69) is 0 Å². The van der Waals surface area contributed by atoms with Crippen molar-refractivity contribution in [3.8, 4) is 0 Å². The summed E-state index contributed by atoms with van der Waals surface area (Å²) in [4.78, 5) is 23.7. The van der Waals surface area contributed by atoms with E-state index in [0.29, 0.717) is 11.3 Å². The zero-order valence-electron chi connectivity index (χ0n) is 11.9. The van der Waals surface area contributed by atoms with Gasteiger partial charge >= 0.3 is 18.3 Å². The molecule has 1 aliphatic heterocycles. The second kappa shape index (κ2) is 5.27. The van der Waals surface area contributed by atoms with E-state index in [1.807, 2.05) is 0 Å². The third kappa shape index (κ3) is 2.76. The van der Waals surface area contributed by atoms with E-state index in [1.165, 1.54) is 0 Å². The normalized spacial score (nSPS) is 23.5. The molecule has 2 fully saturated rings. The summed E-state index contributed by atoms with van der Waals surface area (Å²) in [6, 6.07) is 0. The summed E-state index contributed by atoms with van der Waals surface area (Å²) >= 11 is 0. The fourth-order valence-electron chi connectivity index (χ4n) is 3.12. The molecule has 2 aliphatic rings. The average molecular weight is 347 g/mol. The Hall–Kier alpha value is -1.48. The van der Waals surface area contributed by atoms with Crippen LogP contribution in [0, 0.1) is 10.8 Å². The summed E-state index contributed by atoms with van der Waals surface area (Å²) in [5.74, 6) is -2.21. The lowest BCUT2D eigenvalue weighted by Gasteiger charge is -2.38. The number of carbonyl (C=O) groups is 2. The number of nitrogens with zero attached hydrogens (tertiary/aromatic N) is 1. The van der Waals surface area contributed by atoms with Crippen LogP contribution in [0.15, 0.2) is 0 Å². The highest BCUT2D eigenvalue weighted by Crippen LogP contribution is 2.56. The van der Waals surface area contributed by atoms with Gasteiger partial charge in [-0.15, -0.1) is 0 Å². The van der Waals surface area contributed by atoms with Gasteiger partial charge in [0, 0.05) is 19.5 Å². The van der Waals surface area contributed by atoms with Gasteiger partial charge in [0.1, 0.15) is 0 Å². The van der Waals surface area contributed by atoms with Crippen molar-refractivity contribution in [1.82, 2.24) is 4.90 Å². The minimum absolute atomic E-state index is 0.200. The third-order valence-electron chi connectivity index (χ3n) is 4.96. The molecule has 0 bridgehead atoms. The van der Waals surface area contributed by atoms with Crippen LogP contribution in [0.5, 0.6) is 0 Å². The number of hydrogen-bond acceptors (Lipinski definition) is 2. The van der Waals surface area contributed by atoms with Crippen LogP contribution in [0.4, 0.5) is 26.3 Å². The van der Waals surface area contributed by atoms with Crippen molar-refractivity contribution >= 4 is 11.9 Å². The fraction of sp³-hybridized carbons (Fsp3) is 0.846. The minimum Gasteiger partial charge on any atom is -0.481 e. The summed E-state index contributed by atoms with van der Waals surface area (Å²) in [6.45, 7) is -2.19. The molecule has 4 nitrogen and oxygen atoms in total. The fourth-order valence-corrected chi connectivity index (χ4v) is 3.12. The maximum Gasteiger partial charge on any atom is 0.404 e. The predicted molar refractivity (Wildman–Crippen MR) is 64.3 cm³/mol. The first kappa shape index (κ1) is 17.9. The smallest absolute Gasteiger partial charge is 0.404 e. The molecule has 23 heavy (non-hydrogen) atoms. The Bertz CT molecular complexity index is 495. The van der Waals surface area contributed by atoms with Crippen molar-refractivity contribution in [3.63, 3.8) is 0 Å². The second-order valence-corrected chi connectivity index (χ2v) is 6.26. The van der Waals surface area contributed by atoms with Crippen molar-refractivity contribution in [1.29, 1.82) is 0 Å². The Morgan fingerprint density at radius 1 is 1.00 bits per heavy atom. The summed E-state index contributed by atoms with van der Waals surface area (Å²) in [7, 11) is 0. The number of halogens is 6. The van der Waals surface area contributed by atoms with E-state index < -0.39 is 61.0 Å². The molecule has 1 heterocycles. The van der Waals surface area contributed by atoms with E-state index >= 15 is 0 Å². The molecule has 1 aliphatic carbocycles. The van der Waals surface area contributed by atoms with Crippen molar-refractivity contribution < 1.29 is 41.0 Å². The Balaban J connectivity index is 2.15. The molecule has 0 aromatic rings. The maximum absolute atomic E-state index is 12.9. The van der Waals surface area contributed by atoms with Gasteiger partial charge in [-0.2, -0.15) is 26.3 Å².